The van der Waals surface area contributed by atoms with E-state index in [0.29, 0.717) is 17.9 Å². The Kier molecular flexibility index (Phi) is 5.27. The summed E-state index contributed by atoms with van der Waals surface area (Å²) in [4.78, 5) is 12.3. The van der Waals surface area contributed by atoms with Crippen LogP contribution in [0.25, 0.3) is 11.1 Å². The molecule has 1 heterocycles. The standard InChI is InChI=1S/C25H23F2NO3/c1-14-11-18-21(29)13-25(2,3)31-22(18)12-17(14)15-7-9-16(10-8-15)28-24(30)23-19(26)5-4-6-20(23)27/h4-12,21,29H,13H2,1-3H3,(H,28,30). The van der Waals surface area contributed by atoms with Gasteiger partial charge in [-0.05, 0) is 73.9 Å². The van der Waals surface area contributed by atoms with E-state index in [1.807, 2.05) is 45.0 Å². The molecule has 0 saturated carbocycles. The van der Waals surface area contributed by atoms with Crippen molar-refractivity contribution in [1.29, 1.82) is 0 Å². The molecule has 0 bridgehead atoms. The van der Waals surface area contributed by atoms with Crippen LogP contribution in [0.1, 0.15) is 47.9 Å². The summed E-state index contributed by atoms with van der Waals surface area (Å²) in [5, 5.41) is 13.0. The normalized spacial score (nSPS) is 16.9. The highest BCUT2D eigenvalue weighted by Crippen LogP contribution is 2.42. The molecule has 3 aromatic carbocycles. The monoisotopic (exact) mass is 423 g/mol. The number of carbonyl (C=O) groups excluding carboxylic acids is 1. The van der Waals surface area contributed by atoms with E-state index in [0.717, 1.165) is 34.4 Å². The van der Waals surface area contributed by atoms with E-state index >= 15 is 0 Å². The summed E-state index contributed by atoms with van der Waals surface area (Å²) in [5.41, 5.74) is 2.91. The Morgan fingerprint density at radius 2 is 1.74 bits per heavy atom. The Morgan fingerprint density at radius 3 is 2.39 bits per heavy atom. The van der Waals surface area contributed by atoms with Gasteiger partial charge in [0.15, 0.2) is 0 Å². The summed E-state index contributed by atoms with van der Waals surface area (Å²) in [6, 6.07) is 14.1. The molecule has 0 radical (unpaired) electrons. The van der Waals surface area contributed by atoms with E-state index in [9.17, 15) is 18.7 Å². The van der Waals surface area contributed by atoms with Gasteiger partial charge in [0, 0.05) is 17.7 Å². The second-order valence-electron chi connectivity index (χ2n) is 8.41. The van der Waals surface area contributed by atoms with Crippen molar-refractivity contribution in [3.63, 3.8) is 0 Å². The van der Waals surface area contributed by atoms with E-state index in [2.05, 4.69) is 5.32 Å². The second kappa shape index (κ2) is 7.78. The maximum Gasteiger partial charge on any atom is 0.261 e. The molecule has 0 spiro atoms. The van der Waals surface area contributed by atoms with Crippen LogP contribution >= 0.6 is 0 Å². The minimum atomic E-state index is -0.913. The topological polar surface area (TPSA) is 58.6 Å². The lowest BCUT2D eigenvalue weighted by Crippen LogP contribution is -2.34. The summed E-state index contributed by atoms with van der Waals surface area (Å²) in [6.07, 6.45) is -0.0571. The molecule has 0 aliphatic carbocycles. The number of aliphatic hydroxyl groups excluding tert-OH is 1. The summed E-state index contributed by atoms with van der Waals surface area (Å²) < 4.78 is 33.7. The highest BCUT2D eigenvalue weighted by Gasteiger charge is 2.33. The number of ether oxygens (including phenoxy) is 1. The quantitative estimate of drug-likeness (QED) is 0.561. The lowest BCUT2D eigenvalue weighted by Gasteiger charge is -2.36. The number of anilines is 1. The molecule has 3 aromatic rings. The first-order valence-corrected chi connectivity index (χ1v) is 10.0. The van der Waals surface area contributed by atoms with Crippen molar-refractivity contribution >= 4 is 11.6 Å². The van der Waals surface area contributed by atoms with Gasteiger partial charge in [0.2, 0.25) is 0 Å². The van der Waals surface area contributed by atoms with E-state index in [1.165, 1.54) is 6.07 Å². The summed E-state index contributed by atoms with van der Waals surface area (Å²) >= 11 is 0. The van der Waals surface area contributed by atoms with Gasteiger partial charge in [0.05, 0.1) is 6.10 Å². The fourth-order valence-electron chi connectivity index (χ4n) is 3.93. The number of fused-ring (bicyclic) bond motifs is 1. The Balaban J connectivity index is 1.60. The highest BCUT2D eigenvalue weighted by atomic mass is 19.1. The summed E-state index contributed by atoms with van der Waals surface area (Å²) in [6.45, 7) is 5.84. The molecule has 160 valence electrons. The molecule has 1 aliphatic rings. The second-order valence-corrected chi connectivity index (χ2v) is 8.41. The van der Waals surface area contributed by atoms with Crippen LogP contribution < -0.4 is 10.1 Å². The zero-order valence-corrected chi connectivity index (χ0v) is 17.5. The minimum Gasteiger partial charge on any atom is -0.487 e. The third kappa shape index (κ3) is 4.16. The fraction of sp³-hybridized carbons (Fsp3) is 0.240. The average Bonchev–Trinajstić information content (AvgIpc) is 2.68. The van der Waals surface area contributed by atoms with Gasteiger partial charge in [-0.25, -0.2) is 8.78 Å². The number of nitrogens with one attached hydrogen (secondary N) is 1. The number of hydrogen-bond acceptors (Lipinski definition) is 3. The predicted molar refractivity (Wildman–Crippen MR) is 115 cm³/mol. The summed E-state index contributed by atoms with van der Waals surface area (Å²) in [5.74, 6) is -2.03. The molecule has 4 rings (SSSR count). The molecule has 6 heteroatoms. The molecule has 2 N–H and O–H groups in total. The number of hydrogen-bond donors (Lipinski definition) is 2. The van der Waals surface area contributed by atoms with Crippen LogP contribution in [0.3, 0.4) is 0 Å². The molecule has 31 heavy (non-hydrogen) atoms. The molecular formula is C25H23F2NO3. The number of aliphatic hydroxyl groups is 1. The van der Waals surface area contributed by atoms with E-state index in [-0.39, 0.29) is 0 Å². The van der Waals surface area contributed by atoms with E-state index < -0.39 is 34.8 Å². The van der Waals surface area contributed by atoms with Gasteiger partial charge < -0.3 is 15.2 Å². The van der Waals surface area contributed by atoms with Gasteiger partial charge in [-0.15, -0.1) is 0 Å². The van der Waals surface area contributed by atoms with Crippen LogP contribution in [-0.2, 0) is 0 Å². The number of benzene rings is 3. The largest absolute Gasteiger partial charge is 0.487 e. The van der Waals surface area contributed by atoms with Gasteiger partial charge in [0.1, 0.15) is 28.5 Å². The van der Waals surface area contributed by atoms with Crippen LogP contribution in [0.4, 0.5) is 14.5 Å². The smallest absolute Gasteiger partial charge is 0.261 e. The van der Waals surface area contributed by atoms with Gasteiger partial charge >= 0.3 is 0 Å². The Labute approximate surface area is 179 Å². The van der Waals surface area contributed by atoms with Gasteiger partial charge in [0.25, 0.3) is 5.91 Å². The third-order valence-electron chi connectivity index (χ3n) is 5.43. The van der Waals surface area contributed by atoms with E-state index in [4.69, 9.17) is 4.74 Å². The van der Waals surface area contributed by atoms with E-state index in [1.54, 1.807) is 12.1 Å². The molecule has 0 saturated heterocycles. The number of rotatable bonds is 3. The maximum absolute atomic E-state index is 13.8. The molecular weight excluding hydrogens is 400 g/mol. The lowest BCUT2D eigenvalue weighted by atomic mass is 9.88. The van der Waals surface area contributed by atoms with Crippen molar-refractivity contribution in [3.8, 4) is 16.9 Å². The summed E-state index contributed by atoms with van der Waals surface area (Å²) in [7, 11) is 0. The first-order valence-electron chi connectivity index (χ1n) is 10.0. The van der Waals surface area contributed by atoms with Crippen LogP contribution in [0.5, 0.6) is 5.75 Å². The van der Waals surface area contributed by atoms with Gasteiger partial charge in [-0.2, -0.15) is 0 Å². The fourth-order valence-corrected chi connectivity index (χ4v) is 3.93. The Hall–Kier alpha value is -3.25. The van der Waals surface area contributed by atoms with Gasteiger partial charge in [-0.3, -0.25) is 4.79 Å². The lowest BCUT2D eigenvalue weighted by molar-refractivity contribution is 0.0115. The van der Waals surface area contributed by atoms with Crippen LogP contribution in [0.2, 0.25) is 0 Å². The number of amides is 1. The first kappa shape index (κ1) is 21.0. The van der Waals surface area contributed by atoms with Gasteiger partial charge in [-0.1, -0.05) is 18.2 Å². The van der Waals surface area contributed by atoms with Crippen molar-refractivity contribution in [3.05, 3.63) is 82.9 Å². The molecule has 1 aliphatic heterocycles. The van der Waals surface area contributed by atoms with Crippen molar-refractivity contribution in [1.82, 2.24) is 0 Å². The highest BCUT2D eigenvalue weighted by molar-refractivity contribution is 6.04. The molecule has 1 amide bonds. The zero-order chi connectivity index (χ0) is 22.3. The van der Waals surface area contributed by atoms with Crippen molar-refractivity contribution < 1.29 is 23.4 Å². The molecule has 1 unspecified atom stereocenters. The molecule has 0 aromatic heterocycles. The van der Waals surface area contributed by atoms with Crippen molar-refractivity contribution in [2.75, 3.05) is 5.32 Å². The van der Waals surface area contributed by atoms with Crippen LogP contribution in [0, 0.1) is 18.6 Å². The van der Waals surface area contributed by atoms with Crippen molar-refractivity contribution in [2.24, 2.45) is 0 Å². The average molecular weight is 423 g/mol. The first-order chi connectivity index (χ1) is 14.6. The molecule has 4 nitrogen and oxygen atoms in total. The Bertz CT molecular complexity index is 1140. The minimum absolute atomic E-state index is 0.417. The Morgan fingerprint density at radius 1 is 1.10 bits per heavy atom. The van der Waals surface area contributed by atoms with Crippen molar-refractivity contribution in [2.45, 2.75) is 38.9 Å². The SMILES string of the molecule is Cc1cc2c(cc1-c1ccc(NC(=O)c3c(F)cccc3F)cc1)OC(C)(C)CC2O. The molecule has 1 atom stereocenters. The zero-order valence-electron chi connectivity index (χ0n) is 17.5. The molecule has 0 fully saturated rings. The predicted octanol–water partition coefficient (Wildman–Crippen LogP) is 5.79. The number of carbonyl (C=O) groups is 1. The van der Waals surface area contributed by atoms with Crippen LogP contribution in [-0.4, -0.2) is 16.6 Å². The number of aryl methyl sites for hydroxylation is 1. The number of halogens is 2. The maximum atomic E-state index is 13.8. The third-order valence-corrected chi connectivity index (χ3v) is 5.43. The van der Waals surface area contributed by atoms with Crippen LogP contribution in [0.15, 0.2) is 54.6 Å².